The highest BCUT2D eigenvalue weighted by Crippen LogP contribution is 2.27. The van der Waals surface area contributed by atoms with Gasteiger partial charge >= 0.3 is 0 Å². The third-order valence-corrected chi connectivity index (χ3v) is 6.22. The highest BCUT2D eigenvalue weighted by molar-refractivity contribution is 7.98. The van der Waals surface area contributed by atoms with E-state index < -0.39 is 0 Å². The van der Waals surface area contributed by atoms with Crippen LogP contribution in [0.1, 0.15) is 20.4 Å². The Labute approximate surface area is 178 Å². The summed E-state index contributed by atoms with van der Waals surface area (Å²) in [7, 11) is 0. The molecule has 0 saturated carbocycles. The molecule has 0 atom stereocenters. The zero-order valence-electron chi connectivity index (χ0n) is 14.2. The molecule has 1 N–H and O–H groups in total. The van der Waals surface area contributed by atoms with E-state index in [1.54, 1.807) is 16.7 Å². The van der Waals surface area contributed by atoms with Crippen molar-refractivity contribution in [3.63, 3.8) is 0 Å². The van der Waals surface area contributed by atoms with Gasteiger partial charge in [0.25, 0.3) is 5.91 Å². The third kappa shape index (κ3) is 4.27. The Balaban J connectivity index is 1.39. The number of rotatable bonds is 6. The number of carbonyl (C=O) groups is 1. The second-order valence-electron chi connectivity index (χ2n) is 5.64. The molecule has 0 unspecified atom stereocenters. The average Bonchev–Trinajstić information content (AvgIpc) is 3.32. The summed E-state index contributed by atoms with van der Waals surface area (Å²) in [6, 6.07) is 11.3. The lowest BCUT2D eigenvalue weighted by atomic mass is 10.2. The van der Waals surface area contributed by atoms with Gasteiger partial charge in [0.15, 0.2) is 10.8 Å². The molecule has 3 aromatic heterocycles. The Bertz CT molecular complexity index is 1130. The quantitative estimate of drug-likeness (QED) is 0.444. The summed E-state index contributed by atoms with van der Waals surface area (Å²) in [4.78, 5) is 12.2. The number of aromatic nitrogens is 5. The van der Waals surface area contributed by atoms with Gasteiger partial charge in [-0.05, 0) is 11.6 Å². The van der Waals surface area contributed by atoms with Crippen molar-refractivity contribution < 1.29 is 4.79 Å². The molecule has 4 rings (SSSR count). The van der Waals surface area contributed by atoms with E-state index >= 15 is 0 Å². The molecule has 0 aliphatic carbocycles. The van der Waals surface area contributed by atoms with Crippen LogP contribution in [0.2, 0.25) is 10.0 Å². The molecular weight excluding hydrogens is 439 g/mol. The zero-order chi connectivity index (χ0) is 19.5. The lowest BCUT2D eigenvalue weighted by molar-refractivity contribution is 0.0950. The number of benzene rings is 1. The van der Waals surface area contributed by atoms with Gasteiger partial charge in [-0.1, -0.05) is 76.6 Å². The minimum absolute atomic E-state index is 0.246. The molecule has 4 aromatic rings. The summed E-state index contributed by atoms with van der Waals surface area (Å²) in [6.45, 7) is 0.441. The van der Waals surface area contributed by atoms with Crippen molar-refractivity contribution in [3.05, 3.63) is 68.2 Å². The molecular formula is C17H12Cl2N6OS2. The number of hydrogen-bond acceptors (Lipinski definition) is 7. The number of amides is 1. The largest absolute Gasteiger partial charge is 0.346 e. The lowest BCUT2D eigenvalue weighted by Crippen LogP contribution is -2.22. The van der Waals surface area contributed by atoms with Gasteiger partial charge in [-0.25, -0.2) is 0 Å². The SMILES string of the molecule is O=C(NCc1ccccc1)c1nnc(CSc2nnc3c(Cl)cc(Cl)cn23)s1. The molecule has 3 heterocycles. The topological polar surface area (TPSA) is 85.1 Å². The van der Waals surface area contributed by atoms with Crippen LogP contribution >= 0.6 is 46.3 Å². The van der Waals surface area contributed by atoms with Crippen LogP contribution in [-0.2, 0) is 12.3 Å². The molecule has 0 aliphatic rings. The van der Waals surface area contributed by atoms with Gasteiger partial charge in [-0.2, -0.15) is 0 Å². The van der Waals surface area contributed by atoms with E-state index in [9.17, 15) is 4.79 Å². The van der Waals surface area contributed by atoms with Crippen LogP contribution in [0.5, 0.6) is 0 Å². The highest BCUT2D eigenvalue weighted by atomic mass is 35.5. The summed E-state index contributed by atoms with van der Waals surface area (Å²) in [5.41, 5.74) is 1.55. The first-order valence-corrected chi connectivity index (χ1v) is 10.6. The Morgan fingerprint density at radius 2 is 1.96 bits per heavy atom. The van der Waals surface area contributed by atoms with Crippen molar-refractivity contribution in [3.8, 4) is 0 Å². The molecule has 1 amide bonds. The van der Waals surface area contributed by atoms with Gasteiger partial charge in [0.05, 0.1) is 15.8 Å². The molecule has 11 heteroatoms. The Morgan fingerprint density at radius 3 is 2.79 bits per heavy atom. The maximum absolute atomic E-state index is 12.2. The summed E-state index contributed by atoms with van der Waals surface area (Å²) in [6.07, 6.45) is 1.70. The van der Waals surface area contributed by atoms with E-state index in [0.717, 1.165) is 5.56 Å². The maximum atomic E-state index is 12.2. The van der Waals surface area contributed by atoms with E-state index in [1.807, 2.05) is 30.3 Å². The number of halogens is 2. The molecule has 28 heavy (non-hydrogen) atoms. The summed E-state index contributed by atoms with van der Waals surface area (Å²) < 4.78 is 1.73. The smallest absolute Gasteiger partial charge is 0.282 e. The van der Waals surface area contributed by atoms with Crippen molar-refractivity contribution in [2.24, 2.45) is 0 Å². The first-order valence-electron chi connectivity index (χ1n) is 8.07. The molecule has 0 saturated heterocycles. The Morgan fingerprint density at radius 1 is 1.14 bits per heavy atom. The molecule has 0 aliphatic heterocycles. The predicted molar refractivity (Wildman–Crippen MR) is 110 cm³/mol. The molecule has 7 nitrogen and oxygen atoms in total. The van der Waals surface area contributed by atoms with Gasteiger partial charge in [0.2, 0.25) is 5.01 Å². The molecule has 0 bridgehead atoms. The number of fused-ring (bicyclic) bond motifs is 1. The van der Waals surface area contributed by atoms with Gasteiger partial charge < -0.3 is 5.32 Å². The predicted octanol–water partition coefficient (Wildman–Crippen LogP) is 4.11. The Kier molecular flexibility index (Phi) is 5.77. The van der Waals surface area contributed by atoms with Crippen LogP contribution in [0.25, 0.3) is 5.65 Å². The van der Waals surface area contributed by atoms with E-state index in [2.05, 4.69) is 25.7 Å². The van der Waals surface area contributed by atoms with Crippen molar-refractivity contribution in [1.82, 2.24) is 30.1 Å². The number of hydrogen-bond donors (Lipinski definition) is 1. The van der Waals surface area contributed by atoms with E-state index in [4.69, 9.17) is 23.2 Å². The highest BCUT2D eigenvalue weighted by Gasteiger charge is 2.15. The minimum Gasteiger partial charge on any atom is -0.346 e. The summed E-state index contributed by atoms with van der Waals surface area (Å²) in [5.74, 6) is 0.248. The first-order chi connectivity index (χ1) is 13.6. The fraction of sp³-hybridized carbons (Fsp3) is 0.118. The van der Waals surface area contributed by atoms with Crippen LogP contribution in [0.4, 0.5) is 0 Å². The molecule has 142 valence electrons. The standard InChI is InChI=1S/C17H12Cl2N6OS2/c18-11-6-12(19)14-22-24-17(25(14)8-11)27-9-13-21-23-16(28-13)15(26)20-7-10-4-2-1-3-5-10/h1-6,8H,7,9H2,(H,20,26). The lowest BCUT2D eigenvalue weighted by Gasteiger charge is -2.02. The zero-order valence-corrected chi connectivity index (χ0v) is 17.3. The van der Waals surface area contributed by atoms with Crippen molar-refractivity contribution in [2.75, 3.05) is 0 Å². The van der Waals surface area contributed by atoms with E-state index in [-0.39, 0.29) is 5.91 Å². The number of nitrogens with one attached hydrogen (secondary N) is 1. The number of pyridine rings is 1. The van der Waals surface area contributed by atoms with Crippen LogP contribution in [-0.4, -0.2) is 30.7 Å². The fourth-order valence-electron chi connectivity index (χ4n) is 2.38. The third-order valence-electron chi connectivity index (χ3n) is 3.68. The number of carbonyl (C=O) groups excluding carboxylic acids is 1. The van der Waals surface area contributed by atoms with Gasteiger partial charge in [0, 0.05) is 12.7 Å². The van der Waals surface area contributed by atoms with Gasteiger partial charge in [-0.15, -0.1) is 20.4 Å². The van der Waals surface area contributed by atoms with Crippen LogP contribution in [0.3, 0.4) is 0 Å². The van der Waals surface area contributed by atoms with Crippen LogP contribution in [0.15, 0.2) is 47.8 Å². The second kappa shape index (κ2) is 8.44. The molecule has 1 aromatic carbocycles. The minimum atomic E-state index is -0.246. The van der Waals surface area contributed by atoms with Gasteiger partial charge in [0.1, 0.15) is 5.01 Å². The van der Waals surface area contributed by atoms with E-state index in [0.29, 0.717) is 43.2 Å². The first kappa shape index (κ1) is 19.1. The fourth-order valence-corrected chi connectivity index (χ4v) is 4.54. The van der Waals surface area contributed by atoms with Crippen molar-refractivity contribution in [1.29, 1.82) is 0 Å². The second-order valence-corrected chi connectivity index (χ2v) is 8.49. The molecule has 0 radical (unpaired) electrons. The van der Waals surface area contributed by atoms with E-state index in [1.165, 1.54) is 23.1 Å². The van der Waals surface area contributed by atoms with Crippen LogP contribution < -0.4 is 5.32 Å². The monoisotopic (exact) mass is 450 g/mol. The average molecular weight is 451 g/mol. The summed E-state index contributed by atoms with van der Waals surface area (Å²) >= 11 is 14.8. The van der Waals surface area contributed by atoms with Gasteiger partial charge in [-0.3, -0.25) is 9.20 Å². The Hall–Kier alpha value is -2.20. The van der Waals surface area contributed by atoms with Crippen molar-refractivity contribution >= 4 is 57.9 Å². The maximum Gasteiger partial charge on any atom is 0.282 e. The molecule has 0 spiro atoms. The number of nitrogens with zero attached hydrogens (tertiary/aromatic N) is 5. The van der Waals surface area contributed by atoms with Crippen LogP contribution in [0, 0.1) is 0 Å². The normalized spacial score (nSPS) is 11.1. The summed E-state index contributed by atoms with van der Waals surface area (Å²) in [5, 5.41) is 21.7. The van der Waals surface area contributed by atoms with Crippen molar-refractivity contribution in [2.45, 2.75) is 17.5 Å². The molecule has 0 fully saturated rings. The number of thioether (sulfide) groups is 1.